The quantitative estimate of drug-likeness (QED) is 0.558. The van der Waals surface area contributed by atoms with Crippen LogP contribution in [0.2, 0.25) is 0 Å². The summed E-state index contributed by atoms with van der Waals surface area (Å²) >= 11 is 0. The van der Waals surface area contributed by atoms with Crippen molar-refractivity contribution in [2.75, 3.05) is 0 Å². The number of hydrogen-bond acceptors (Lipinski definition) is 5. The van der Waals surface area contributed by atoms with Gasteiger partial charge in [-0.25, -0.2) is 9.97 Å². The third-order valence-electron chi connectivity index (χ3n) is 3.05. The molecular formula is C15H10N6O. The number of primary amides is 1. The first kappa shape index (κ1) is 13.5. The number of hydrogen-bond donors (Lipinski definition) is 2. The van der Waals surface area contributed by atoms with Gasteiger partial charge in [-0.15, -0.1) is 0 Å². The summed E-state index contributed by atoms with van der Waals surface area (Å²) in [5, 5.41) is 8.93. The fourth-order valence-corrected chi connectivity index (χ4v) is 1.99. The van der Waals surface area contributed by atoms with Crippen molar-refractivity contribution in [1.29, 1.82) is 5.26 Å². The number of nitriles is 1. The van der Waals surface area contributed by atoms with Gasteiger partial charge in [-0.05, 0) is 18.2 Å². The van der Waals surface area contributed by atoms with Crippen molar-refractivity contribution < 1.29 is 4.79 Å². The molecule has 0 unspecified atom stereocenters. The molecule has 22 heavy (non-hydrogen) atoms. The normalized spacial score (nSPS) is 11.3. The molecule has 0 aromatic carbocycles. The number of nitrogens with two attached hydrogens (primary N) is 1. The van der Waals surface area contributed by atoms with Crippen LogP contribution in [0.15, 0.2) is 42.5 Å². The standard InChI is InChI=1S/C15H10N6O/c16-5-10(14(17)22)4-11-7-19-15-13(11)21-12(8-20-15)9-2-1-3-18-6-9/h1-4,6-8H,(H2,17,22)(H,19,20)/b10-4+. The fraction of sp³-hybridized carbons (Fsp3) is 0. The van der Waals surface area contributed by atoms with Crippen molar-refractivity contribution in [3.8, 4) is 17.3 Å². The Morgan fingerprint density at radius 1 is 1.41 bits per heavy atom. The number of aromatic nitrogens is 4. The highest BCUT2D eigenvalue weighted by atomic mass is 16.1. The van der Waals surface area contributed by atoms with E-state index in [9.17, 15) is 4.79 Å². The van der Waals surface area contributed by atoms with Crippen LogP contribution in [0.4, 0.5) is 0 Å². The molecule has 7 heteroatoms. The Balaban J connectivity index is 2.14. The number of nitrogens with zero attached hydrogens (tertiary/aromatic N) is 4. The van der Waals surface area contributed by atoms with Gasteiger partial charge in [0.05, 0.1) is 11.9 Å². The van der Waals surface area contributed by atoms with Gasteiger partial charge in [-0.2, -0.15) is 5.26 Å². The Morgan fingerprint density at radius 3 is 2.95 bits per heavy atom. The first-order valence-electron chi connectivity index (χ1n) is 6.35. The van der Waals surface area contributed by atoms with E-state index in [2.05, 4.69) is 19.9 Å². The Morgan fingerprint density at radius 2 is 2.27 bits per heavy atom. The second-order valence-electron chi connectivity index (χ2n) is 4.47. The number of pyridine rings is 1. The van der Waals surface area contributed by atoms with E-state index in [1.807, 2.05) is 6.07 Å². The Kier molecular flexibility index (Phi) is 3.34. The van der Waals surface area contributed by atoms with Crippen molar-refractivity contribution >= 4 is 23.1 Å². The molecule has 0 saturated carbocycles. The van der Waals surface area contributed by atoms with E-state index in [-0.39, 0.29) is 5.57 Å². The lowest BCUT2D eigenvalue weighted by Crippen LogP contribution is -2.12. The molecule has 3 aromatic heterocycles. The molecule has 7 nitrogen and oxygen atoms in total. The molecular weight excluding hydrogens is 280 g/mol. The fourth-order valence-electron chi connectivity index (χ4n) is 1.99. The molecule has 1 amide bonds. The molecule has 0 atom stereocenters. The third-order valence-corrected chi connectivity index (χ3v) is 3.05. The summed E-state index contributed by atoms with van der Waals surface area (Å²) in [6.45, 7) is 0. The van der Waals surface area contributed by atoms with E-state index in [0.29, 0.717) is 22.4 Å². The largest absolute Gasteiger partial charge is 0.365 e. The zero-order valence-electron chi connectivity index (χ0n) is 11.3. The monoisotopic (exact) mass is 290 g/mol. The van der Waals surface area contributed by atoms with Gasteiger partial charge in [-0.1, -0.05) is 0 Å². The molecule has 0 aliphatic heterocycles. The van der Waals surface area contributed by atoms with Gasteiger partial charge in [0.1, 0.15) is 17.2 Å². The van der Waals surface area contributed by atoms with Gasteiger partial charge in [0.2, 0.25) is 0 Å². The van der Waals surface area contributed by atoms with Gasteiger partial charge in [-0.3, -0.25) is 9.78 Å². The molecule has 0 radical (unpaired) electrons. The summed E-state index contributed by atoms with van der Waals surface area (Å²) in [5.41, 5.74) is 8.15. The van der Waals surface area contributed by atoms with Crippen molar-refractivity contribution in [1.82, 2.24) is 19.9 Å². The molecule has 3 N–H and O–H groups in total. The maximum Gasteiger partial charge on any atom is 0.259 e. The average molecular weight is 290 g/mol. The molecule has 0 bridgehead atoms. The van der Waals surface area contributed by atoms with Crippen LogP contribution in [-0.2, 0) is 4.79 Å². The summed E-state index contributed by atoms with van der Waals surface area (Å²) < 4.78 is 0. The van der Waals surface area contributed by atoms with Gasteiger partial charge >= 0.3 is 0 Å². The van der Waals surface area contributed by atoms with E-state index in [4.69, 9.17) is 11.0 Å². The molecule has 0 aliphatic carbocycles. The van der Waals surface area contributed by atoms with Crippen LogP contribution in [0.3, 0.4) is 0 Å². The second kappa shape index (κ2) is 5.46. The number of H-pyrrole nitrogens is 1. The smallest absolute Gasteiger partial charge is 0.259 e. The average Bonchev–Trinajstić information content (AvgIpc) is 2.95. The van der Waals surface area contributed by atoms with Crippen LogP contribution < -0.4 is 5.73 Å². The number of nitrogens with one attached hydrogen (secondary N) is 1. The first-order chi connectivity index (χ1) is 10.7. The number of carbonyl (C=O) groups is 1. The molecule has 0 aliphatic rings. The van der Waals surface area contributed by atoms with Crippen LogP contribution in [0, 0.1) is 11.3 Å². The maximum atomic E-state index is 11.2. The molecule has 3 aromatic rings. The van der Waals surface area contributed by atoms with Gasteiger partial charge in [0.25, 0.3) is 5.91 Å². The summed E-state index contributed by atoms with van der Waals surface area (Å²) in [5.74, 6) is -0.784. The van der Waals surface area contributed by atoms with Crippen LogP contribution in [0.25, 0.3) is 28.5 Å². The Labute approximate surface area is 125 Å². The number of fused-ring (bicyclic) bond motifs is 1. The lowest BCUT2D eigenvalue weighted by molar-refractivity contribution is -0.114. The minimum Gasteiger partial charge on any atom is -0.365 e. The molecule has 106 valence electrons. The summed E-state index contributed by atoms with van der Waals surface area (Å²) in [6.07, 6.45) is 8.00. The van der Waals surface area contributed by atoms with Gasteiger partial charge < -0.3 is 10.7 Å². The van der Waals surface area contributed by atoms with Crippen LogP contribution in [0.1, 0.15) is 5.56 Å². The lowest BCUT2D eigenvalue weighted by Gasteiger charge is -2.00. The van der Waals surface area contributed by atoms with Crippen molar-refractivity contribution in [3.63, 3.8) is 0 Å². The predicted octanol–water partition coefficient (Wildman–Crippen LogP) is 1.41. The SMILES string of the molecule is N#C/C(=C\c1c[nH]c2ncc(-c3cccnc3)nc12)C(N)=O. The highest BCUT2D eigenvalue weighted by Gasteiger charge is 2.10. The molecule has 3 rings (SSSR count). The lowest BCUT2D eigenvalue weighted by atomic mass is 10.1. The van der Waals surface area contributed by atoms with Crippen LogP contribution in [-0.4, -0.2) is 25.8 Å². The van der Waals surface area contributed by atoms with E-state index < -0.39 is 5.91 Å². The molecule has 0 spiro atoms. The Bertz CT molecular complexity index is 920. The second-order valence-corrected chi connectivity index (χ2v) is 4.47. The Hall–Kier alpha value is -3.53. The summed E-state index contributed by atoms with van der Waals surface area (Å²) in [4.78, 5) is 26.9. The number of carbonyl (C=O) groups excluding carboxylic acids is 1. The maximum absolute atomic E-state index is 11.2. The minimum absolute atomic E-state index is 0.144. The van der Waals surface area contributed by atoms with Crippen molar-refractivity contribution in [2.24, 2.45) is 5.73 Å². The number of rotatable bonds is 3. The van der Waals surface area contributed by atoms with E-state index in [1.165, 1.54) is 6.08 Å². The van der Waals surface area contributed by atoms with Gasteiger partial charge in [0, 0.05) is 29.7 Å². The van der Waals surface area contributed by atoms with E-state index >= 15 is 0 Å². The van der Waals surface area contributed by atoms with E-state index in [1.54, 1.807) is 36.9 Å². The molecule has 0 saturated heterocycles. The van der Waals surface area contributed by atoms with E-state index in [0.717, 1.165) is 5.56 Å². The third kappa shape index (κ3) is 2.41. The number of aromatic amines is 1. The summed E-state index contributed by atoms with van der Waals surface area (Å²) in [7, 11) is 0. The summed E-state index contributed by atoms with van der Waals surface area (Å²) in [6, 6.07) is 5.44. The van der Waals surface area contributed by atoms with Crippen molar-refractivity contribution in [3.05, 3.63) is 48.1 Å². The molecule has 3 heterocycles. The van der Waals surface area contributed by atoms with Crippen LogP contribution in [0.5, 0.6) is 0 Å². The number of amides is 1. The minimum atomic E-state index is -0.784. The van der Waals surface area contributed by atoms with Crippen molar-refractivity contribution in [2.45, 2.75) is 0 Å². The highest BCUT2D eigenvalue weighted by Crippen LogP contribution is 2.21. The zero-order valence-corrected chi connectivity index (χ0v) is 11.3. The van der Waals surface area contributed by atoms with Gasteiger partial charge in [0.15, 0.2) is 5.65 Å². The molecule has 0 fully saturated rings. The predicted molar refractivity (Wildman–Crippen MR) is 79.9 cm³/mol. The van der Waals surface area contributed by atoms with Crippen LogP contribution >= 0.6 is 0 Å². The first-order valence-corrected chi connectivity index (χ1v) is 6.35. The highest BCUT2D eigenvalue weighted by molar-refractivity contribution is 6.02. The topological polar surface area (TPSA) is 121 Å². The zero-order chi connectivity index (χ0) is 15.5.